The summed E-state index contributed by atoms with van der Waals surface area (Å²) >= 11 is 0. The molecule has 1 heterocycles. The molecule has 1 aromatic heterocycles. The van der Waals surface area contributed by atoms with Gasteiger partial charge in [0.25, 0.3) is 0 Å². The van der Waals surface area contributed by atoms with Crippen LogP contribution in [0.1, 0.15) is 57.7 Å². The third-order valence-electron chi connectivity index (χ3n) is 5.84. The Bertz CT molecular complexity index is 1220. The van der Waals surface area contributed by atoms with Gasteiger partial charge in [0.15, 0.2) is 0 Å². The zero-order valence-corrected chi connectivity index (χ0v) is 22.8. The van der Waals surface area contributed by atoms with E-state index in [0.717, 1.165) is 40.2 Å². The number of aryl methyl sites for hydroxylation is 1. The SMILES string of the molecule is C=C.C=C(CC)c1ccc2c(c1)nc(Nc1ccc(C)cc1)n2C(C)(C)c1ccccc1.C=O.CC. The van der Waals surface area contributed by atoms with Crippen LogP contribution in [-0.4, -0.2) is 16.3 Å². The summed E-state index contributed by atoms with van der Waals surface area (Å²) in [4.78, 5) is 13.0. The topological polar surface area (TPSA) is 46.9 Å². The van der Waals surface area contributed by atoms with Crippen LogP contribution < -0.4 is 5.32 Å². The maximum Gasteiger partial charge on any atom is 0.209 e. The van der Waals surface area contributed by atoms with Crippen molar-refractivity contribution in [2.75, 3.05) is 5.32 Å². The molecule has 0 unspecified atom stereocenters. The van der Waals surface area contributed by atoms with E-state index < -0.39 is 0 Å². The first-order chi connectivity index (χ1) is 17.4. The molecule has 36 heavy (non-hydrogen) atoms. The molecular formula is C32H41N3O. The third kappa shape index (κ3) is 6.82. The Morgan fingerprint density at radius 2 is 1.53 bits per heavy atom. The summed E-state index contributed by atoms with van der Waals surface area (Å²) in [6.45, 7) is 24.9. The zero-order chi connectivity index (χ0) is 27.3. The molecule has 4 nitrogen and oxygen atoms in total. The minimum atomic E-state index is -0.285. The highest BCUT2D eigenvalue weighted by Crippen LogP contribution is 2.35. The van der Waals surface area contributed by atoms with Gasteiger partial charge in [-0.15, -0.1) is 13.2 Å². The summed E-state index contributed by atoms with van der Waals surface area (Å²) in [5.41, 5.74) is 7.56. The molecule has 190 valence electrons. The summed E-state index contributed by atoms with van der Waals surface area (Å²) in [6.07, 6.45) is 0.927. The molecule has 0 fully saturated rings. The number of nitrogens with zero attached hydrogens (tertiary/aromatic N) is 2. The summed E-state index contributed by atoms with van der Waals surface area (Å²) in [5, 5.41) is 3.56. The summed E-state index contributed by atoms with van der Waals surface area (Å²) in [5.74, 6) is 0.835. The molecule has 0 radical (unpaired) electrons. The van der Waals surface area contributed by atoms with Crippen molar-refractivity contribution in [2.24, 2.45) is 0 Å². The summed E-state index contributed by atoms with van der Waals surface area (Å²) in [7, 11) is 0. The normalized spacial score (nSPS) is 10.1. The molecule has 0 amide bonds. The number of hydrogen-bond donors (Lipinski definition) is 1. The Labute approximate surface area is 217 Å². The Balaban J connectivity index is 0.00000101. The first-order valence-corrected chi connectivity index (χ1v) is 12.3. The minimum Gasteiger partial charge on any atom is -0.326 e. The van der Waals surface area contributed by atoms with Gasteiger partial charge >= 0.3 is 0 Å². The molecule has 0 saturated carbocycles. The van der Waals surface area contributed by atoms with Gasteiger partial charge in [0.2, 0.25) is 5.95 Å². The Kier molecular flexibility index (Phi) is 12.1. The van der Waals surface area contributed by atoms with Crippen LogP contribution in [0.25, 0.3) is 16.6 Å². The lowest BCUT2D eigenvalue weighted by Crippen LogP contribution is -2.28. The quantitative estimate of drug-likeness (QED) is 0.278. The number of rotatable bonds is 6. The summed E-state index contributed by atoms with van der Waals surface area (Å²) in [6, 6.07) is 25.5. The fourth-order valence-electron chi connectivity index (χ4n) is 3.90. The van der Waals surface area contributed by atoms with E-state index in [1.165, 1.54) is 11.1 Å². The second-order valence-electron chi connectivity index (χ2n) is 8.35. The van der Waals surface area contributed by atoms with Crippen LogP contribution in [-0.2, 0) is 10.3 Å². The van der Waals surface area contributed by atoms with E-state index in [2.05, 4.69) is 130 Å². The number of fused-ring (bicyclic) bond motifs is 1. The number of allylic oxidation sites excluding steroid dienone is 1. The van der Waals surface area contributed by atoms with Crippen molar-refractivity contribution < 1.29 is 4.79 Å². The van der Waals surface area contributed by atoms with Gasteiger partial charge in [0, 0.05) is 5.69 Å². The molecule has 4 rings (SSSR count). The van der Waals surface area contributed by atoms with E-state index in [4.69, 9.17) is 9.78 Å². The average molecular weight is 484 g/mol. The van der Waals surface area contributed by atoms with Gasteiger partial charge in [-0.05, 0) is 68.2 Å². The van der Waals surface area contributed by atoms with E-state index in [1.807, 2.05) is 20.6 Å². The van der Waals surface area contributed by atoms with Crippen molar-refractivity contribution in [3.8, 4) is 0 Å². The fraction of sp³-hybridized carbons (Fsp3) is 0.250. The van der Waals surface area contributed by atoms with Crippen LogP contribution in [0.15, 0.2) is 92.5 Å². The number of nitrogens with one attached hydrogen (secondary N) is 1. The van der Waals surface area contributed by atoms with Crippen molar-refractivity contribution >= 4 is 35.0 Å². The van der Waals surface area contributed by atoms with E-state index in [0.29, 0.717) is 0 Å². The maximum atomic E-state index is 8.00. The molecule has 0 spiro atoms. The lowest BCUT2D eigenvalue weighted by Gasteiger charge is -2.30. The predicted molar refractivity (Wildman–Crippen MR) is 158 cm³/mol. The second kappa shape index (κ2) is 14.5. The second-order valence-corrected chi connectivity index (χ2v) is 8.35. The lowest BCUT2D eigenvalue weighted by molar-refractivity contribution is -0.0979. The number of carbonyl (C=O) groups excluding carboxylic acids is 1. The van der Waals surface area contributed by atoms with E-state index in [1.54, 1.807) is 0 Å². The van der Waals surface area contributed by atoms with E-state index >= 15 is 0 Å². The fourth-order valence-corrected chi connectivity index (χ4v) is 3.90. The molecule has 4 aromatic rings. The number of aromatic nitrogens is 2. The molecule has 0 aliphatic carbocycles. The number of anilines is 2. The van der Waals surface area contributed by atoms with Crippen LogP contribution in [0.5, 0.6) is 0 Å². The minimum absolute atomic E-state index is 0.285. The standard InChI is InChI=1S/C27H29N3.C2H6.C2H4.CH2O/c1-6-20(3)21-14-17-25-24(18-21)29-26(28-23-15-12-19(2)13-16-23)30(25)27(4,5)22-10-8-7-9-11-22;3*1-2/h7-18H,3,6H2,1-2,4-5H3,(H,28,29);1-2H3;1-2H2;1H2. The van der Waals surface area contributed by atoms with Crippen molar-refractivity contribution in [2.45, 2.75) is 53.5 Å². The maximum absolute atomic E-state index is 8.00. The number of imidazole rings is 1. The smallest absolute Gasteiger partial charge is 0.209 e. The van der Waals surface area contributed by atoms with Crippen molar-refractivity contribution in [3.63, 3.8) is 0 Å². The Morgan fingerprint density at radius 1 is 0.944 bits per heavy atom. The van der Waals surface area contributed by atoms with Gasteiger partial charge in [-0.25, -0.2) is 4.98 Å². The van der Waals surface area contributed by atoms with Crippen LogP contribution in [0.2, 0.25) is 0 Å². The summed E-state index contributed by atoms with van der Waals surface area (Å²) < 4.78 is 2.30. The van der Waals surface area contributed by atoms with E-state index in [9.17, 15) is 0 Å². The van der Waals surface area contributed by atoms with Gasteiger partial charge in [-0.2, -0.15) is 0 Å². The van der Waals surface area contributed by atoms with Gasteiger partial charge in [0.05, 0.1) is 16.6 Å². The van der Waals surface area contributed by atoms with E-state index in [-0.39, 0.29) is 5.54 Å². The van der Waals surface area contributed by atoms with Gasteiger partial charge < -0.3 is 14.7 Å². The third-order valence-corrected chi connectivity index (χ3v) is 5.84. The zero-order valence-electron chi connectivity index (χ0n) is 22.8. The predicted octanol–water partition coefficient (Wildman–Crippen LogP) is 8.94. The molecule has 3 aromatic carbocycles. The molecule has 0 saturated heterocycles. The largest absolute Gasteiger partial charge is 0.326 e. The van der Waals surface area contributed by atoms with Crippen LogP contribution in [0.3, 0.4) is 0 Å². The Hall–Kier alpha value is -3.92. The molecule has 0 atom stereocenters. The number of hydrogen-bond acceptors (Lipinski definition) is 3. The van der Waals surface area contributed by atoms with Crippen molar-refractivity contribution in [1.29, 1.82) is 0 Å². The highest BCUT2D eigenvalue weighted by Gasteiger charge is 2.28. The molecule has 0 bridgehead atoms. The highest BCUT2D eigenvalue weighted by atomic mass is 16.1. The van der Waals surface area contributed by atoms with Gasteiger partial charge in [0.1, 0.15) is 6.79 Å². The van der Waals surface area contributed by atoms with Crippen LogP contribution in [0.4, 0.5) is 11.6 Å². The van der Waals surface area contributed by atoms with Crippen LogP contribution in [0, 0.1) is 6.92 Å². The molecule has 0 aliphatic heterocycles. The van der Waals surface area contributed by atoms with Crippen molar-refractivity contribution in [3.05, 3.63) is 109 Å². The van der Waals surface area contributed by atoms with Crippen molar-refractivity contribution in [1.82, 2.24) is 9.55 Å². The molecule has 0 aliphatic rings. The number of benzene rings is 3. The number of carbonyl (C=O) groups is 1. The monoisotopic (exact) mass is 483 g/mol. The van der Waals surface area contributed by atoms with Crippen LogP contribution >= 0.6 is 0 Å². The lowest BCUT2D eigenvalue weighted by atomic mass is 9.93. The first-order valence-electron chi connectivity index (χ1n) is 12.3. The highest BCUT2D eigenvalue weighted by molar-refractivity contribution is 5.84. The first kappa shape index (κ1) is 30.1. The molecule has 1 N–H and O–H groups in total. The molecule has 4 heteroatoms. The molecular weight excluding hydrogens is 442 g/mol. The Morgan fingerprint density at radius 3 is 2.08 bits per heavy atom. The van der Waals surface area contributed by atoms with Gasteiger partial charge in [-0.1, -0.05) is 81.4 Å². The van der Waals surface area contributed by atoms with Gasteiger partial charge in [-0.3, -0.25) is 0 Å². The average Bonchev–Trinajstić information content (AvgIpc) is 3.31.